The number of amides is 1. The maximum atomic E-state index is 12.5. The first kappa shape index (κ1) is 14.7. The highest BCUT2D eigenvalue weighted by atomic mass is 16.1. The summed E-state index contributed by atoms with van der Waals surface area (Å²) >= 11 is 0. The molecule has 1 aliphatic carbocycles. The second-order valence-electron chi connectivity index (χ2n) is 5.83. The average Bonchev–Trinajstić information content (AvgIpc) is 3.03. The number of benzene rings is 1. The van der Waals surface area contributed by atoms with E-state index in [1.807, 2.05) is 36.4 Å². The van der Waals surface area contributed by atoms with E-state index in [1.54, 1.807) is 12.4 Å². The molecule has 1 heterocycles. The van der Waals surface area contributed by atoms with Crippen LogP contribution in [0.4, 0.5) is 0 Å². The van der Waals surface area contributed by atoms with E-state index in [-0.39, 0.29) is 11.9 Å². The summed E-state index contributed by atoms with van der Waals surface area (Å²) in [5.41, 5.74) is 8.39. The predicted molar refractivity (Wildman–Crippen MR) is 87.3 cm³/mol. The van der Waals surface area contributed by atoms with Gasteiger partial charge in [-0.2, -0.15) is 0 Å². The zero-order valence-electron chi connectivity index (χ0n) is 12.5. The predicted octanol–water partition coefficient (Wildman–Crippen LogP) is 2.61. The first-order valence-electron chi connectivity index (χ1n) is 7.79. The van der Waals surface area contributed by atoms with E-state index >= 15 is 0 Å². The zero-order valence-corrected chi connectivity index (χ0v) is 12.5. The minimum Gasteiger partial charge on any atom is -0.349 e. The van der Waals surface area contributed by atoms with E-state index in [0.29, 0.717) is 18.0 Å². The molecular formula is C18H21N3O. The van der Waals surface area contributed by atoms with Crippen LogP contribution in [0.3, 0.4) is 0 Å². The smallest absolute Gasteiger partial charge is 0.253 e. The van der Waals surface area contributed by atoms with Crippen LogP contribution >= 0.6 is 0 Å². The number of nitrogens with two attached hydrogens (primary N) is 1. The van der Waals surface area contributed by atoms with Crippen LogP contribution in [0, 0.1) is 5.92 Å². The number of rotatable bonds is 4. The lowest BCUT2D eigenvalue weighted by atomic mass is 10.0. The van der Waals surface area contributed by atoms with Gasteiger partial charge in [0, 0.05) is 24.0 Å². The Morgan fingerprint density at radius 3 is 2.77 bits per heavy atom. The van der Waals surface area contributed by atoms with Crippen molar-refractivity contribution in [2.45, 2.75) is 25.3 Å². The fourth-order valence-corrected chi connectivity index (χ4v) is 3.11. The number of aromatic nitrogens is 1. The highest BCUT2D eigenvalue weighted by Crippen LogP contribution is 2.25. The number of hydrogen-bond acceptors (Lipinski definition) is 3. The van der Waals surface area contributed by atoms with Crippen LogP contribution < -0.4 is 11.1 Å². The lowest BCUT2D eigenvalue weighted by Crippen LogP contribution is -2.39. The molecule has 1 aromatic carbocycles. The van der Waals surface area contributed by atoms with Gasteiger partial charge in [0.25, 0.3) is 5.91 Å². The van der Waals surface area contributed by atoms with Crippen LogP contribution in [0.2, 0.25) is 0 Å². The second kappa shape index (κ2) is 6.71. The Kier molecular flexibility index (Phi) is 4.49. The van der Waals surface area contributed by atoms with Crippen LogP contribution in [-0.4, -0.2) is 23.5 Å². The van der Waals surface area contributed by atoms with E-state index in [4.69, 9.17) is 5.73 Å². The van der Waals surface area contributed by atoms with Crippen LogP contribution in [0.25, 0.3) is 11.1 Å². The highest BCUT2D eigenvalue weighted by molar-refractivity contribution is 5.95. The Balaban J connectivity index is 1.76. The van der Waals surface area contributed by atoms with Crippen LogP contribution in [0.15, 0.2) is 48.8 Å². The molecule has 0 aliphatic heterocycles. The quantitative estimate of drug-likeness (QED) is 0.911. The molecule has 1 aromatic heterocycles. The van der Waals surface area contributed by atoms with Crippen molar-refractivity contribution in [1.29, 1.82) is 0 Å². The third-order valence-electron chi connectivity index (χ3n) is 4.39. The van der Waals surface area contributed by atoms with Crippen molar-refractivity contribution in [2.24, 2.45) is 11.7 Å². The molecule has 0 radical (unpaired) electrons. The number of hydrogen-bond donors (Lipinski definition) is 2. The summed E-state index contributed by atoms with van der Waals surface area (Å²) in [5.74, 6) is 0.338. The summed E-state index contributed by atoms with van der Waals surface area (Å²) in [6.45, 7) is 0.632. The first-order chi connectivity index (χ1) is 10.8. The Morgan fingerprint density at radius 1 is 1.18 bits per heavy atom. The van der Waals surface area contributed by atoms with Gasteiger partial charge in [0.05, 0.1) is 5.56 Å². The molecule has 1 fully saturated rings. The molecule has 3 rings (SSSR count). The van der Waals surface area contributed by atoms with Gasteiger partial charge >= 0.3 is 0 Å². The van der Waals surface area contributed by atoms with Crippen molar-refractivity contribution >= 4 is 5.91 Å². The SMILES string of the molecule is NCC1CCCC1NC(=O)c1cncc(-c2ccccc2)c1. The molecule has 0 spiro atoms. The Bertz CT molecular complexity index is 642. The molecule has 3 N–H and O–H groups in total. The Hall–Kier alpha value is -2.20. The molecule has 1 aliphatic rings. The van der Waals surface area contributed by atoms with E-state index < -0.39 is 0 Å². The maximum absolute atomic E-state index is 12.5. The van der Waals surface area contributed by atoms with Crippen LogP contribution in [0.5, 0.6) is 0 Å². The molecule has 0 bridgehead atoms. The van der Waals surface area contributed by atoms with Crippen molar-refractivity contribution < 1.29 is 4.79 Å². The second-order valence-corrected chi connectivity index (χ2v) is 5.83. The van der Waals surface area contributed by atoms with E-state index in [0.717, 1.165) is 30.4 Å². The van der Waals surface area contributed by atoms with Crippen molar-refractivity contribution in [3.05, 3.63) is 54.4 Å². The van der Waals surface area contributed by atoms with Gasteiger partial charge < -0.3 is 11.1 Å². The third-order valence-corrected chi connectivity index (χ3v) is 4.39. The lowest BCUT2D eigenvalue weighted by Gasteiger charge is -2.19. The minimum absolute atomic E-state index is 0.0596. The molecule has 2 unspecified atom stereocenters. The highest BCUT2D eigenvalue weighted by Gasteiger charge is 2.27. The van der Waals surface area contributed by atoms with Gasteiger partial charge in [0.15, 0.2) is 0 Å². The summed E-state index contributed by atoms with van der Waals surface area (Å²) in [5, 5.41) is 3.12. The summed E-state index contributed by atoms with van der Waals surface area (Å²) in [6, 6.07) is 12.0. The van der Waals surface area contributed by atoms with Gasteiger partial charge in [-0.1, -0.05) is 36.8 Å². The fraction of sp³-hybridized carbons (Fsp3) is 0.333. The van der Waals surface area contributed by atoms with Crippen molar-refractivity contribution in [2.75, 3.05) is 6.54 Å². The normalized spacial score (nSPS) is 20.8. The van der Waals surface area contributed by atoms with Gasteiger partial charge in [0.1, 0.15) is 0 Å². The van der Waals surface area contributed by atoms with Gasteiger partial charge in [-0.25, -0.2) is 0 Å². The monoisotopic (exact) mass is 295 g/mol. The molecule has 4 nitrogen and oxygen atoms in total. The average molecular weight is 295 g/mol. The van der Waals surface area contributed by atoms with Gasteiger partial charge in [-0.05, 0) is 36.9 Å². The molecule has 2 aromatic rings. The van der Waals surface area contributed by atoms with E-state index in [1.165, 1.54) is 0 Å². The van der Waals surface area contributed by atoms with Crippen LogP contribution in [-0.2, 0) is 0 Å². The van der Waals surface area contributed by atoms with E-state index in [2.05, 4.69) is 10.3 Å². The standard InChI is InChI=1S/C18H21N3O/c19-10-14-7-4-8-17(14)21-18(22)16-9-15(11-20-12-16)13-5-2-1-3-6-13/h1-3,5-6,9,11-12,14,17H,4,7-8,10,19H2,(H,21,22). The number of nitrogens with one attached hydrogen (secondary N) is 1. The Morgan fingerprint density at radius 2 is 2.00 bits per heavy atom. The molecule has 2 atom stereocenters. The summed E-state index contributed by atoms with van der Waals surface area (Å²) < 4.78 is 0. The van der Waals surface area contributed by atoms with Gasteiger partial charge in [-0.15, -0.1) is 0 Å². The zero-order chi connectivity index (χ0) is 15.4. The largest absolute Gasteiger partial charge is 0.349 e. The molecule has 1 amide bonds. The first-order valence-corrected chi connectivity index (χ1v) is 7.79. The Labute approximate surface area is 130 Å². The molecular weight excluding hydrogens is 274 g/mol. The van der Waals surface area contributed by atoms with E-state index in [9.17, 15) is 4.79 Å². The van der Waals surface area contributed by atoms with Crippen LogP contribution in [0.1, 0.15) is 29.6 Å². The summed E-state index contributed by atoms with van der Waals surface area (Å²) in [4.78, 5) is 16.7. The summed E-state index contributed by atoms with van der Waals surface area (Å²) in [7, 11) is 0. The molecule has 22 heavy (non-hydrogen) atoms. The third kappa shape index (κ3) is 3.17. The van der Waals surface area contributed by atoms with Gasteiger partial charge in [-0.3, -0.25) is 9.78 Å². The number of nitrogens with zero attached hydrogens (tertiary/aromatic N) is 1. The van der Waals surface area contributed by atoms with Crippen molar-refractivity contribution in [3.63, 3.8) is 0 Å². The summed E-state index contributed by atoms with van der Waals surface area (Å²) in [6.07, 6.45) is 6.65. The van der Waals surface area contributed by atoms with Crippen molar-refractivity contribution in [1.82, 2.24) is 10.3 Å². The fourth-order valence-electron chi connectivity index (χ4n) is 3.11. The minimum atomic E-state index is -0.0596. The number of carbonyl (C=O) groups excluding carboxylic acids is 1. The molecule has 1 saturated carbocycles. The number of pyridine rings is 1. The topological polar surface area (TPSA) is 68.0 Å². The van der Waals surface area contributed by atoms with Crippen molar-refractivity contribution in [3.8, 4) is 11.1 Å². The molecule has 4 heteroatoms. The lowest BCUT2D eigenvalue weighted by molar-refractivity contribution is 0.0928. The number of carbonyl (C=O) groups is 1. The molecule has 0 saturated heterocycles. The maximum Gasteiger partial charge on any atom is 0.253 e. The van der Waals surface area contributed by atoms with Gasteiger partial charge in [0.2, 0.25) is 0 Å². The molecule has 114 valence electrons.